The molecule has 0 amide bonds. The quantitative estimate of drug-likeness (QED) is 0.855. The Morgan fingerprint density at radius 3 is 2.47 bits per heavy atom. The van der Waals surface area contributed by atoms with Gasteiger partial charge in [-0.15, -0.1) is 0 Å². The van der Waals surface area contributed by atoms with Gasteiger partial charge in [0.25, 0.3) is 0 Å². The first-order valence-electron chi connectivity index (χ1n) is 6.24. The van der Waals surface area contributed by atoms with E-state index >= 15 is 0 Å². The Bertz CT molecular complexity index is 358. The van der Waals surface area contributed by atoms with Crippen molar-refractivity contribution in [2.24, 2.45) is 0 Å². The van der Waals surface area contributed by atoms with Crippen molar-refractivity contribution in [3.05, 3.63) is 11.9 Å². The molecule has 4 heteroatoms. The van der Waals surface area contributed by atoms with E-state index in [4.69, 9.17) is 4.74 Å². The highest BCUT2D eigenvalue weighted by atomic mass is 16.5. The van der Waals surface area contributed by atoms with Gasteiger partial charge in [0.05, 0.1) is 5.56 Å². The largest absolute Gasteiger partial charge is 0.472 e. The number of hydrogen-bond acceptors (Lipinski definition) is 4. The molecular weight excluding hydrogens is 214 g/mol. The zero-order chi connectivity index (χ0) is 12.9. The summed E-state index contributed by atoms with van der Waals surface area (Å²) >= 11 is 0. The lowest BCUT2D eigenvalue weighted by Crippen LogP contribution is -2.24. The van der Waals surface area contributed by atoms with Gasteiger partial charge >= 0.3 is 0 Å². The van der Waals surface area contributed by atoms with Gasteiger partial charge in [-0.2, -0.15) is 0 Å². The molecule has 1 aromatic rings. The van der Waals surface area contributed by atoms with E-state index in [1.54, 1.807) is 6.33 Å². The van der Waals surface area contributed by atoms with Crippen molar-refractivity contribution in [1.82, 2.24) is 9.97 Å². The normalized spacial score (nSPS) is 11.4. The Hall–Kier alpha value is -1.32. The molecule has 4 nitrogen and oxygen atoms in total. The highest BCUT2D eigenvalue weighted by molar-refractivity contribution is 5.48. The topological polar surface area (TPSA) is 47.0 Å². The van der Waals surface area contributed by atoms with Crippen LogP contribution < -0.4 is 10.1 Å². The number of anilines is 1. The standard InChI is InChI=1S/C13H23N3O/c1-6-8-14-11-10(7-2)12(16-9-15-11)17-13(3,4)5/h9H,6-8H2,1-5H3,(H,14,15,16). The maximum atomic E-state index is 5.85. The lowest BCUT2D eigenvalue weighted by Gasteiger charge is -2.22. The molecule has 0 aliphatic rings. The van der Waals surface area contributed by atoms with Gasteiger partial charge in [-0.05, 0) is 33.6 Å². The molecule has 0 saturated carbocycles. The fourth-order valence-electron chi connectivity index (χ4n) is 1.49. The highest BCUT2D eigenvalue weighted by Gasteiger charge is 2.17. The minimum absolute atomic E-state index is 0.236. The van der Waals surface area contributed by atoms with E-state index in [1.165, 1.54) is 0 Å². The number of ether oxygens (including phenoxy) is 1. The van der Waals surface area contributed by atoms with E-state index < -0.39 is 0 Å². The molecule has 0 radical (unpaired) electrons. The molecule has 1 N–H and O–H groups in total. The predicted molar refractivity (Wildman–Crippen MR) is 70.6 cm³/mol. The summed E-state index contributed by atoms with van der Waals surface area (Å²) < 4.78 is 5.85. The molecular formula is C13H23N3O. The molecule has 17 heavy (non-hydrogen) atoms. The van der Waals surface area contributed by atoms with Crippen LogP contribution in [0.1, 0.15) is 46.6 Å². The number of hydrogen-bond donors (Lipinski definition) is 1. The lowest BCUT2D eigenvalue weighted by atomic mass is 10.2. The fourth-order valence-corrected chi connectivity index (χ4v) is 1.49. The number of aromatic nitrogens is 2. The first-order valence-corrected chi connectivity index (χ1v) is 6.24. The summed E-state index contributed by atoms with van der Waals surface area (Å²) in [5, 5.41) is 3.31. The van der Waals surface area contributed by atoms with Crippen molar-refractivity contribution in [3.8, 4) is 5.88 Å². The molecule has 0 fully saturated rings. The average molecular weight is 237 g/mol. The Balaban J connectivity index is 2.97. The molecule has 1 heterocycles. The van der Waals surface area contributed by atoms with Gasteiger partial charge in [0, 0.05) is 6.54 Å². The van der Waals surface area contributed by atoms with Gasteiger partial charge in [0.1, 0.15) is 17.7 Å². The second-order valence-corrected chi connectivity index (χ2v) is 5.00. The van der Waals surface area contributed by atoms with Crippen LogP contribution in [0.15, 0.2) is 6.33 Å². The number of rotatable bonds is 5. The van der Waals surface area contributed by atoms with E-state index in [1.807, 2.05) is 20.8 Å². The van der Waals surface area contributed by atoms with E-state index in [0.717, 1.165) is 30.8 Å². The Kier molecular flexibility index (Phi) is 4.73. The van der Waals surface area contributed by atoms with Crippen molar-refractivity contribution in [1.29, 1.82) is 0 Å². The molecule has 0 aromatic carbocycles. The predicted octanol–water partition coefficient (Wildman–Crippen LogP) is 3.04. The van der Waals surface area contributed by atoms with E-state index in [0.29, 0.717) is 5.88 Å². The van der Waals surface area contributed by atoms with Crippen LogP contribution in [0.5, 0.6) is 5.88 Å². The maximum absolute atomic E-state index is 5.85. The van der Waals surface area contributed by atoms with Gasteiger partial charge in [-0.3, -0.25) is 0 Å². The van der Waals surface area contributed by atoms with Crippen LogP contribution in [-0.4, -0.2) is 22.1 Å². The van der Waals surface area contributed by atoms with Gasteiger partial charge < -0.3 is 10.1 Å². The van der Waals surface area contributed by atoms with Crippen LogP contribution in [0.25, 0.3) is 0 Å². The van der Waals surface area contributed by atoms with Crippen LogP contribution in [-0.2, 0) is 6.42 Å². The third-order valence-corrected chi connectivity index (χ3v) is 2.20. The van der Waals surface area contributed by atoms with Crippen molar-refractivity contribution in [2.45, 2.75) is 53.1 Å². The second kappa shape index (κ2) is 5.84. The summed E-state index contributed by atoms with van der Waals surface area (Å²) in [7, 11) is 0. The van der Waals surface area contributed by atoms with Gasteiger partial charge in [0.2, 0.25) is 5.88 Å². The first-order chi connectivity index (χ1) is 7.98. The molecule has 0 aliphatic heterocycles. The van der Waals surface area contributed by atoms with Crippen molar-refractivity contribution in [2.75, 3.05) is 11.9 Å². The molecule has 96 valence electrons. The average Bonchev–Trinajstić information content (AvgIpc) is 2.24. The fraction of sp³-hybridized carbons (Fsp3) is 0.692. The number of nitrogens with one attached hydrogen (secondary N) is 1. The lowest BCUT2D eigenvalue weighted by molar-refractivity contribution is 0.122. The molecule has 1 aromatic heterocycles. The maximum Gasteiger partial charge on any atom is 0.222 e. The summed E-state index contributed by atoms with van der Waals surface area (Å²) in [5.74, 6) is 1.58. The van der Waals surface area contributed by atoms with Crippen LogP contribution in [0, 0.1) is 0 Å². The van der Waals surface area contributed by atoms with Gasteiger partial charge in [0.15, 0.2) is 0 Å². The smallest absolute Gasteiger partial charge is 0.222 e. The Labute approximate surface area is 104 Å². The van der Waals surface area contributed by atoms with E-state index in [2.05, 4.69) is 29.1 Å². The minimum atomic E-state index is -0.236. The first kappa shape index (κ1) is 13.7. The molecule has 0 atom stereocenters. The SMILES string of the molecule is CCCNc1ncnc(OC(C)(C)C)c1CC. The highest BCUT2D eigenvalue weighted by Crippen LogP contribution is 2.25. The third-order valence-electron chi connectivity index (χ3n) is 2.20. The monoisotopic (exact) mass is 237 g/mol. The van der Waals surface area contributed by atoms with Crippen molar-refractivity contribution >= 4 is 5.82 Å². The van der Waals surface area contributed by atoms with E-state index in [9.17, 15) is 0 Å². The minimum Gasteiger partial charge on any atom is -0.472 e. The molecule has 0 saturated heterocycles. The van der Waals surface area contributed by atoms with Crippen LogP contribution in [0.2, 0.25) is 0 Å². The molecule has 0 aliphatic carbocycles. The van der Waals surface area contributed by atoms with Crippen molar-refractivity contribution < 1.29 is 4.74 Å². The van der Waals surface area contributed by atoms with Crippen LogP contribution >= 0.6 is 0 Å². The number of nitrogens with zero attached hydrogens (tertiary/aromatic N) is 2. The Morgan fingerprint density at radius 1 is 1.24 bits per heavy atom. The summed E-state index contributed by atoms with van der Waals surface area (Å²) in [6.45, 7) is 11.2. The van der Waals surface area contributed by atoms with Crippen LogP contribution in [0.3, 0.4) is 0 Å². The van der Waals surface area contributed by atoms with Gasteiger partial charge in [-0.25, -0.2) is 9.97 Å². The third kappa shape index (κ3) is 4.21. The van der Waals surface area contributed by atoms with Gasteiger partial charge in [-0.1, -0.05) is 13.8 Å². The summed E-state index contributed by atoms with van der Waals surface area (Å²) in [4.78, 5) is 8.51. The summed E-state index contributed by atoms with van der Waals surface area (Å²) in [6, 6.07) is 0. The zero-order valence-corrected chi connectivity index (χ0v) is 11.5. The summed E-state index contributed by atoms with van der Waals surface area (Å²) in [6.07, 6.45) is 3.49. The van der Waals surface area contributed by atoms with E-state index in [-0.39, 0.29) is 5.60 Å². The molecule has 0 bridgehead atoms. The Morgan fingerprint density at radius 2 is 1.94 bits per heavy atom. The van der Waals surface area contributed by atoms with Crippen molar-refractivity contribution in [3.63, 3.8) is 0 Å². The van der Waals surface area contributed by atoms with Crippen LogP contribution in [0.4, 0.5) is 5.82 Å². The molecule has 0 spiro atoms. The second-order valence-electron chi connectivity index (χ2n) is 5.00. The molecule has 1 rings (SSSR count). The zero-order valence-electron chi connectivity index (χ0n) is 11.5. The summed E-state index contributed by atoms with van der Waals surface area (Å²) in [5.41, 5.74) is 0.816. The molecule has 0 unspecified atom stereocenters.